The first-order valence-corrected chi connectivity index (χ1v) is 25.9. The highest BCUT2D eigenvalue weighted by molar-refractivity contribution is 7.23. The second-order valence-corrected chi connectivity index (χ2v) is 22.9. The molecule has 0 saturated carbocycles. The lowest BCUT2D eigenvalue weighted by atomic mass is 9.87. The Kier molecular flexibility index (Phi) is 13.1. The van der Waals surface area contributed by atoms with Gasteiger partial charge in [0.15, 0.2) is 0 Å². The summed E-state index contributed by atoms with van der Waals surface area (Å²) in [7, 11) is 0. The normalized spacial score (nSPS) is 14.6. The van der Waals surface area contributed by atoms with Crippen LogP contribution in [-0.2, 0) is 33.3 Å². The lowest BCUT2D eigenvalue weighted by Crippen LogP contribution is -2.27. The van der Waals surface area contributed by atoms with Crippen LogP contribution in [0.1, 0.15) is 139 Å². The van der Waals surface area contributed by atoms with Gasteiger partial charge in [-0.2, -0.15) is 0 Å². The molecule has 322 valence electrons. The highest BCUT2D eigenvalue weighted by Crippen LogP contribution is 2.53. The van der Waals surface area contributed by atoms with Crippen molar-refractivity contribution in [2.45, 2.75) is 130 Å². The first-order chi connectivity index (χ1) is 29.8. The van der Waals surface area contributed by atoms with E-state index < -0.39 is 0 Å². The summed E-state index contributed by atoms with van der Waals surface area (Å²) in [6.45, 7) is 17.7. The fourth-order valence-corrected chi connectivity index (χ4v) is 12.6. The minimum atomic E-state index is -0.112. The maximum absolute atomic E-state index is 15.4. The number of aryl methyl sites for hydroxylation is 2. The molecule has 0 aliphatic carbocycles. The van der Waals surface area contributed by atoms with Gasteiger partial charge in [-0.3, -0.25) is 19.4 Å². The summed E-state index contributed by atoms with van der Waals surface area (Å²) < 4.78 is 0. The Labute approximate surface area is 385 Å². The van der Waals surface area contributed by atoms with Crippen LogP contribution in [-0.4, -0.2) is 11.8 Å². The Morgan fingerprint density at radius 1 is 0.452 bits per heavy atom. The summed E-state index contributed by atoms with van der Waals surface area (Å²) >= 11 is 6.85. The van der Waals surface area contributed by atoms with E-state index in [-0.39, 0.29) is 22.6 Å². The topological polar surface area (TPSA) is 40.6 Å². The second-order valence-electron chi connectivity index (χ2n) is 18.9. The molecule has 0 radical (unpaired) electrons. The molecule has 6 aromatic rings. The van der Waals surface area contributed by atoms with Gasteiger partial charge in [-0.05, 0) is 130 Å². The minimum Gasteiger partial charge on any atom is -0.274 e. The summed E-state index contributed by atoms with van der Waals surface area (Å²) in [5.74, 6) is -0.225. The minimum absolute atomic E-state index is 0.0546. The van der Waals surface area contributed by atoms with Crippen LogP contribution in [0.15, 0.2) is 107 Å². The van der Waals surface area contributed by atoms with Gasteiger partial charge in [0, 0.05) is 40.6 Å². The summed E-state index contributed by atoms with van der Waals surface area (Å²) in [5.41, 5.74) is 8.99. The Morgan fingerprint density at radius 3 is 1.18 bits per heavy atom. The van der Waals surface area contributed by atoms with Crippen molar-refractivity contribution in [3.05, 3.63) is 139 Å². The van der Waals surface area contributed by atoms with Gasteiger partial charge < -0.3 is 0 Å². The van der Waals surface area contributed by atoms with E-state index in [0.29, 0.717) is 22.5 Å². The van der Waals surface area contributed by atoms with E-state index in [2.05, 4.69) is 151 Å². The number of nitrogens with zero attached hydrogens (tertiary/aromatic N) is 2. The first-order valence-electron chi connectivity index (χ1n) is 22.5. The number of unbranched alkanes of at least 4 members (excludes halogenated alkanes) is 6. The molecule has 0 bridgehead atoms. The molecule has 4 aromatic heterocycles. The van der Waals surface area contributed by atoms with Gasteiger partial charge in [-0.15, -0.1) is 45.3 Å². The number of rotatable bonds is 16. The Morgan fingerprint density at radius 2 is 0.823 bits per heavy atom. The monoisotopic (exact) mass is 896 g/mol. The maximum atomic E-state index is 15.4. The van der Waals surface area contributed by atoms with Crippen molar-refractivity contribution < 1.29 is 9.59 Å². The molecule has 8 heteroatoms. The zero-order valence-corrected chi connectivity index (χ0v) is 40.9. The van der Waals surface area contributed by atoms with E-state index in [1.54, 1.807) is 45.3 Å². The molecule has 6 heterocycles. The Bertz CT molecular complexity index is 2430. The number of amides is 2. The molecule has 2 amide bonds. The standard InChI is InChI=1S/C54H60N2O2S4/c1-9-11-13-15-17-35-31-45(59-33-35)41-27-29-43(61-41)47-49-50(56(51(47)57)40-25-21-38(22-26-40)54(6,7)8)48(52(58)55(49)39-23-19-37(20-24-39)53(3,4)5)44-30-28-42(62-44)46-32-36(34-60-46)18-16-14-12-10-2/h19-34H,9-18H2,1-8H3. The van der Waals surface area contributed by atoms with E-state index in [0.717, 1.165) is 43.7 Å². The van der Waals surface area contributed by atoms with Crippen molar-refractivity contribution in [3.8, 4) is 19.5 Å². The number of hydrogen-bond acceptors (Lipinski definition) is 6. The van der Waals surface area contributed by atoms with Gasteiger partial charge in [-0.1, -0.05) is 118 Å². The summed E-state index contributed by atoms with van der Waals surface area (Å²) in [6, 6.07) is 29.9. The van der Waals surface area contributed by atoms with Gasteiger partial charge in [0.25, 0.3) is 11.8 Å². The van der Waals surface area contributed by atoms with Crippen molar-refractivity contribution in [1.82, 2.24) is 0 Å². The molecule has 0 spiro atoms. The fourth-order valence-electron chi connectivity index (χ4n) is 8.45. The lowest BCUT2D eigenvalue weighted by molar-refractivity contribution is -0.112. The van der Waals surface area contributed by atoms with E-state index in [1.807, 2.05) is 9.80 Å². The van der Waals surface area contributed by atoms with Gasteiger partial charge in [-0.25, -0.2) is 0 Å². The van der Waals surface area contributed by atoms with Crippen LogP contribution in [0, 0.1) is 0 Å². The van der Waals surface area contributed by atoms with Crippen LogP contribution < -0.4 is 9.80 Å². The number of thiophene rings is 4. The predicted molar refractivity (Wildman–Crippen MR) is 270 cm³/mol. The number of carbonyl (C=O) groups is 2. The summed E-state index contributed by atoms with van der Waals surface area (Å²) in [6.07, 6.45) is 12.1. The van der Waals surface area contributed by atoms with Crippen LogP contribution in [0.4, 0.5) is 11.4 Å². The third-order valence-electron chi connectivity index (χ3n) is 12.1. The SMILES string of the molecule is CCCCCCc1csc(-c2ccc(C3=C4C(=C(c5ccc(-c6cc(CCCCCC)cs6)s5)C(=O)N4c4ccc(C(C)(C)C)cc4)N(c4ccc(C(C)(C)C)cc4)C3=O)s2)c1. The molecule has 0 fully saturated rings. The highest BCUT2D eigenvalue weighted by Gasteiger charge is 2.50. The van der Waals surface area contributed by atoms with E-state index >= 15 is 9.59 Å². The van der Waals surface area contributed by atoms with Gasteiger partial charge in [0.05, 0.1) is 22.5 Å². The zero-order chi connectivity index (χ0) is 43.8. The molecule has 2 aliphatic heterocycles. The van der Waals surface area contributed by atoms with Crippen molar-refractivity contribution in [3.63, 3.8) is 0 Å². The molecule has 0 unspecified atom stereocenters. The van der Waals surface area contributed by atoms with E-state index in [4.69, 9.17) is 0 Å². The molecule has 62 heavy (non-hydrogen) atoms. The molecule has 8 rings (SSSR count). The molecule has 0 atom stereocenters. The lowest BCUT2D eigenvalue weighted by Gasteiger charge is -2.23. The Balaban J connectivity index is 1.27. The van der Waals surface area contributed by atoms with E-state index in [1.165, 1.54) is 83.4 Å². The molecule has 0 N–H and O–H groups in total. The third-order valence-corrected chi connectivity index (χ3v) is 16.7. The highest BCUT2D eigenvalue weighted by atomic mass is 32.1. The molecular formula is C54H60N2O2S4. The number of carbonyl (C=O) groups excluding carboxylic acids is 2. The van der Waals surface area contributed by atoms with Gasteiger partial charge >= 0.3 is 0 Å². The van der Waals surface area contributed by atoms with Crippen molar-refractivity contribution in [2.24, 2.45) is 0 Å². The fraction of sp³-hybridized carbons (Fsp3) is 0.370. The average molecular weight is 897 g/mol. The Hall–Kier alpha value is -4.34. The predicted octanol–water partition coefficient (Wildman–Crippen LogP) is 16.3. The van der Waals surface area contributed by atoms with Gasteiger partial charge in [0.2, 0.25) is 0 Å². The summed E-state index contributed by atoms with van der Waals surface area (Å²) in [4.78, 5) is 41.0. The van der Waals surface area contributed by atoms with Crippen molar-refractivity contribution >= 4 is 79.7 Å². The zero-order valence-electron chi connectivity index (χ0n) is 37.7. The third kappa shape index (κ3) is 9.04. The molecule has 2 aromatic carbocycles. The van der Waals surface area contributed by atoms with Gasteiger partial charge in [0.1, 0.15) is 0 Å². The van der Waals surface area contributed by atoms with Crippen LogP contribution in [0.3, 0.4) is 0 Å². The van der Waals surface area contributed by atoms with Crippen LogP contribution in [0.25, 0.3) is 30.7 Å². The van der Waals surface area contributed by atoms with Crippen molar-refractivity contribution in [1.29, 1.82) is 0 Å². The molecule has 0 saturated heterocycles. The quantitative estimate of drug-likeness (QED) is 0.0908. The number of fused-ring (bicyclic) bond motifs is 1. The average Bonchev–Trinajstić information content (AvgIpc) is 4.11. The number of anilines is 2. The second kappa shape index (κ2) is 18.4. The van der Waals surface area contributed by atoms with Crippen LogP contribution in [0.2, 0.25) is 0 Å². The van der Waals surface area contributed by atoms with E-state index in [9.17, 15) is 0 Å². The molecule has 2 aliphatic rings. The summed E-state index contributed by atoms with van der Waals surface area (Å²) in [5, 5.41) is 4.58. The number of hydrogen-bond donors (Lipinski definition) is 0. The van der Waals surface area contributed by atoms with Crippen molar-refractivity contribution in [2.75, 3.05) is 9.80 Å². The maximum Gasteiger partial charge on any atom is 0.266 e. The number of benzene rings is 2. The van der Waals surface area contributed by atoms with Crippen LogP contribution >= 0.6 is 45.3 Å². The molecular weight excluding hydrogens is 837 g/mol. The molecule has 4 nitrogen and oxygen atoms in total. The van der Waals surface area contributed by atoms with Crippen LogP contribution in [0.5, 0.6) is 0 Å². The smallest absolute Gasteiger partial charge is 0.266 e. The largest absolute Gasteiger partial charge is 0.274 e. The first kappa shape index (κ1) is 44.3.